The highest BCUT2D eigenvalue weighted by Gasteiger charge is 2.41. The smallest absolute Gasteiger partial charge is 0.179 e. The first kappa shape index (κ1) is 29.0. The summed E-state index contributed by atoms with van der Waals surface area (Å²) >= 11 is 0. The zero-order valence-electron chi connectivity index (χ0n) is 26.1. The first-order valence-electron chi connectivity index (χ1n) is 16.0. The summed E-state index contributed by atoms with van der Waals surface area (Å²) in [5.41, 5.74) is 6.43. The maximum absolute atomic E-state index is 9.72. The predicted octanol–water partition coefficient (Wildman–Crippen LogP) is 7.57. The van der Waals surface area contributed by atoms with E-state index in [0.29, 0.717) is 11.1 Å². The average Bonchev–Trinajstić information content (AvgIpc) is 3.49. The molecule has 0 saturated heterocycles. The van der Waals surface area contributed by atoms with Crippen LogP contribution < -0.4 is 20.7 Å². The van der Waals surface area contributed by atoms with Crippen LogP contribution in [0.25, 0.3) is 38.6 Å². The van der Waals surface area contributed by atoms with Crippen LogP contribution in [0.2, 0.25) is 0 Å². The van der Waals surface area contributed by atoms with E-state index in [2.05, 4.69) is 156 Å². The third-order valence-electron chi connectivity index (χ3n) is 9.40. The number of benzene rings is 7. The van der Waals surface area contributed by atoms with Gasteiger partial charge in [-0.1, -0.05) is 133 Å². The number of aromatic nitrogens is 1. The Balaban J connectivity index is 1.41. The van der Waals surface area contributed by atoms with Crippen molar-refractivity contribution in [2.24, 2.45) is 0 Å². The summed E-state index contributed by atoms with van der Waals surface area (Å²) in [4.78, 5) is 0. The van der Waals surface area contributed by atoms with Crippen LogP contribution in [0.1, 0.15) is 11.1 Å². The Morgan fingerprint density at radius 2 is 0.875 bits per heavy atom. The largest absolute Gasteiger partial charge is 0.309 e. The molecule has 0 bridgehead atoms. The first-order valence-corrected chi connectivity index (χ1v) is 18.0. The molecule has 0 radical (unpaired) electrons. The van der Waals surface area contributed by atoms with E-state index in [0.717, 1.165) is 38.6 Å². The fraction of sp³-hybridized carbons (Fsp3) is 0. The number of hydrogen-bond acceptors (Lipinski definition) is 2. The number of fused-ring (bicyclic) bond motifs is 3. The van der Waals surface area contributed by atoms with Crippen LogP contribution >= 0.6 is 0 Å². The van der Waals surface area contributed by atoms with Gasteiger partial charge in [-0.3, -0.25) is 0 Å². The van der Waals surface area contributed by atoms with E-state index in [1.165, 1.54) is 20.7 Å². The SMILES string of the molecule is N#Cc1ccc2c(c1)c1cc(C#N)ccc1n2-c1ccccc1-c1cccc([Si](c2ccccc2)(c2ccccc2)c2ccccc2)c1. The van der Waals surface area contributed by atoms with Crippen LogP contribution in [0.5, 0.6) is 0 Å². The van der Waals surface area contributed by atoms with Crippen molar-refractivity contribution < 1.29 is 0 Å². The molecule has 4 heteroatoms. The minimum atomic E-state index is -2.72. The lowest BCUT2D eigenvalue weighted by molar-refractivity contribution is 1.18. The van der Waals surface area contributed by atoms with Gasteiger partial charge in [-0.05, 0) is 68.8 Å². The van der Waals surface area contributed by atoms with E-state index >= 15 is 0 Å². The van der Waals surface area contributed by atoms with Gasteiger partial charge in [0.15, 0.2) is 8.07 Å². The van der Waals surface area contributed by atoms with Crippen LogP contribution in [0.3, 0.4) is 0 Å². The van der Waals surface area contributed by atoms with Crippen molar-refractivity contribution in [1.82, 2.24) is 4.57 Å². The second kappa shape index (κ2) is 12.0. The third kappa shape index (κ3) is 4.64. The summed E-state index contributed by atoms with van der Waals surface area (Å²) in [6, 6.07) is 66.8. The molecule has 224 valence electrons. The van der Waals surface area contributed by atoms with E-state index in [1.54, 1.807) is 0 Å². The van der Waals surface area contributed by atoms with Gasteiger partial charge in [0.25, 0.3) is 0 Å². The molecule has 0 aliphatic heterocycles. The summed E-state index contributed by atoms with van der Waals surface area (Å²) in [5.74, 6) is 0. The number of hydrogen-bond donors (Lipinski definition) is 0. The van der Waals surface area contributed by atoms with E-state index in [1.807, 2.05) is 36.4 Å². The lowest BCUT2D eigenvalue weighted by atomic mass is 10.0. The topological polar surface area (TPSA) is 52.5 Å². The highest BCUT2D eigenvalue weighted by Crippen LogP contribution is 2.37. The summed E-state index contributed by atoms with van der Waals surface area (Å²) in [6.45, 7) is 0. The monoisotopic (exact) mass is 627 g/mol. The Morgan fingerprint density at radius 1 is 0.417 bits per heavy atom. The molecule has 0 aliphatic rings. The summed E-state index contributed by atoms with van der Waals surface area (Å²) < 4.78 is 2.27. The molecule has 0 spiro atoms. The normalized spacial score (nSPS) is 11.3. The molecule has 8 rings (SSSR count). The van der Waals surface area contributed by atoms with Gasteiger partial charge in [-0.25, -0.2) is 0 Å². The lowest BCUT2D eigenvalue weighted by Crippen LogP contribution is -2.74. The standard InChI is InChI=1S/C44H29N3Si/c45-30-32-23-25-43-40(27-32)41-28-33(31-46)24-26-44(41)47(43)42-22-11-10-21-39(42)34-13-12-20-38(29-34)48(35-14-4-1-5-15-35,36-16-6-2-7-17-36)37-18-8-3-9-19-37/h1-29H. The lowest BCUT2D eigenvalue weighted by Gasteiger charge is -2.34. The van der Waals surface area contributed by atoms with Crippen LogP contribution in [0.15, 0.2) is 176 Å². The molecule has 0 atom stereocenters. The highest BCUT2D eigenvalue weighted by atomic mass is 28.3. The third-order valence-corrected chi connectivity index (χ3v) is 14.2. The molecule has 1 heterocycles. The molecular formula is C44H29N3Si. The quantitative estimate of drug-likeness (QED) is 0.141. The average molecular weight is 628 g/mol. The maximum atomic E-state index is 9.72. The molecule has 0 amide bonds. The number of para-hydroxylation sites is 1. The van der Waals surface area contributed by atoms with Crippen LogP contribution in [0, 0.1) is 22.7 Å². The van der Waals surface area contributed by atoms with Crippen molar-refractivity contribution in [2.75, 3.05) is 0 Å². The molecule has 1 aromatic heterocycles. The Labute approximate surface area is 280 Å². The highest BCUT2D eigenvalue weighted by molar-refractivity contribution is 7.19. The first-order chi connectivity index (χ1) is 23.7. The minimum Gasteiger partial charge on any atom is -0.309 e. The van der Waals surface area contributed by atoms with Crippen molar-refractivity contribution in [3.05, 3.63) is 187 Å². The molecule has 7 aromatic carbocycles. The summed E-state index contributed by atoms with van der Waals surface area (Å²) in [5, 5.41) is 26.6. The Kier molecular flexibility index (Phi) is 7.27. The van der Waals surface area contributed by atoms with Gasteiger partial charge in [0.2, 0.25) is 0 Å². The molecule has 8 aromatic rings. The second-order valence-corrected chi connectivity index (χ2v) is 15.8. The minimum absolute atomic E-state index is 0.592. The van der Waals surface area contributed by atoms with Crippen molar-refractivity contribution in [3.8, 4) is 29.0 Å². The van der Waals surface area contributed by atoms with Crippen molar-refractivity contribution in [1.29, 1.82) is 10.5 Å². The molecular weight excluding hydrogens is 599 g/mol. The maximum Gasteiger partial charge on any atom is 0.179 e. The number of nitriles is 2. The van der Waals surface area contributed by atoms with Gasteiger partial charge < -0.3 is 4.57 Å². The van der Waals surface area contributed by atoms with Crippen LogP contribution in [0.4, 0.5) is 0 Å². The van der Waals surface area contributed by atoms with Gasteiger partial charge in [0.1, 0.15) is 0 Å². The predicted molar refractivity (Wildman–Crippen MR) is 199 cm³/mol. The molecule has 0 aliphatic carbocycles. The fourth-order valence-electron chi connectivity index (χ4n) is 7.32. The summed E-state index contributed by atoms with van der Waals surface area (Å²) in [7, 11) is -2.72. The van der Waals surface area contributed by atoms with Gasteiger partial charge in [-0.15, -0.1) is 0 Å². The van der Waals surface area contributed by atoms with Gasteiger partial charge in [-0.2, -0.15) is 10.5 Å². The van der Waals surface area contributed by atoms with Crippen molar-refractivity contribution in [3.63, 3.8) is 0 Å². The van der Waals surface area contributed by atoms with E-state index < -0.39 is 8.07 Å². The second-order valence-electron chi connectivity index (χ2n) is 12.0. The van der Waals surface area contributed by atoms with Gasteiger partial charge in [0, 0.05) is 16.3 Å². The van der Waals surface area contributed by atoms with Crippen molar-refractivity contribution >= 4 is 50.6 Å². The molecule has 0 N–H and O–H groups in total. The van der Waals surface area contributed by atoms with Crippen LogP contribution in [-0.2, 0) is 0 Å². The Bertz CT molecular complexity index is 2350. The zero-order valence-corrected chi connectivity index (χ0v) is 27.1. The van der Waals surface area contributed by atoms with Crippen LogP contribution in [-0.4, -0.2) is 12.6 Å². The molecule has 0 saturated carbocycles. The van der Waals surface area contributed by atoms with Gasteiger partial charge in [0.05, 0.1) is 40.0 Å². The Morgan fingerprint density at radius 3 is 1.38 bits per heavy atom. The van der Waals surface area contributed by atoms with E-state index in [4.69, 9.17) is 0 Å². The summed E-state index contributed by atoms with van der Waals surface area (Å²) in [6.07, 6.45) is 0. The fourth-order valence-corrected chi connectivity index (χ4v) is 12.1. The van der Waals surface area contributed by atoms with Gasteiger partial charge >= 0.3 is 0 Å². The Hall–Kier alpha value is -6.46. The van der Waals surface area contributed by atoms with Crippen molar-refractivity contribution in [2.45, 2.75) is 0 Å². The van der Waals surface area contributed by atoms with E-state index in [9.17, 15) is 10.5 Å². The van der Waals surface area contributed by atoms with E-state index in [-0.39, 0.29) is 0 Å². The molecule has 0 unspecified atom stereocenters. The number of rotatable bonds is 6. The molecule has 0 fully saturated rings. The zero-order chi connectivity index (χ0) is 32.5. The molecule has 48 heavy (non-hydrogen) atoms. The molecule has 3 nitrogen and oxygen atoms in total. The number of nitrogens with zero attached hydrogens (tertiary/aromatic N) is 3.